The van der Waals surface area contributed by atoms with Crippen LogP contribution in [0.4, 0.5) is 13.2 Å². The molecule has 2 aromatic carbocycles. The highest BCUT2D eigenvalue weighted by Gasteiger charge is 2.32. The maximum Gasteiger partial charge on any atom is 0.431 e. The molecule has 2 heterocycles. The zero-order valence-corrected chi connectivity index (χ0v) is 14.7. The van der Waals surface area contributed by atoms with Gasteiger partial charge in [-0.05, 0) is 41.8 Å². The van der Waals surface area contributed by atoms with Crippen molar-refractivity contribution < 1.29 is 18.0 Å². The number of fused-ring (bicyclic) bond motifs is 1. The number of alkyl halides is 3. The summed E-state index contributed by atoms with van der Waals surface area (Å²) in [5.74, 6) is -0.0127. The molecule has 4 nitrogen and oxygen atoms in total. The summed E-state index contributed by atoms with van der Waals surface area (Å²) in [5, 5.41) is 7.25. The third kappa shape index (κ3) is 3.69. The van der Waals surface area contributed by atoms with Gasteiger partial charge >= 0.3 is 6.18 Å². The molecule has 0 atom stereocenters. The molecule has 0 saturated heterocycles. The second kappa shape index (κ2) is 6.99. The molecular weight excluding hydrogens is 367 g/mol. The standard InChI is InChI=1S/C21H16F3N3O/c22-21(23,24)20-12-16-11-13(1-7-17(16)26-20)2-8-19(28)15-5-3-14(4-6-15)18-9-10-25-27-18/h1,3-7,9-12,26H,2,8H2,(H,25,27). The number of H-pyrrole nitrogens is 2. The van der Waals surface area contributed by atoms with Gasteiger partial charge in [0.25, 0.3) is 0 Å². The van der Waals surface area contributed by atoms with Crippen LogP contribution in [0.2, 0.25) is 0 Å². The van der Waals surface area contributed by atoms with Gasteiger partial charge < -0.3 is 4.98 Å². The Morgan fingerprint density at radius 1 is 1.00 bits per heavy atom. The molecular formula is C21H16F3N3O. The highest BCUT2D eigenvalue weighted by Crippen LogP contribution is 2.31. The van der Waals surface area contributed by atoms with E-state index < -0.39 is 11.9 Å². The zero-order chi connectivity index (χ0) is 19.7. The SMILES string of the molecule is O=C(CCc1ccc2[nH]c(C(F)(F)F)cc2c1)c1ccc(-c2ccn[nH]2)cc1. The molecule has 0 fully saturated rings. The van der Waals surface area contributed by atoms with E-state index in [4.69, 9.17) is 0 Å². The van der Waals surface area contributed by atoms with E-state index in [1.54, 1.807) is 36.5 Å². The third-order valence-electron chi connectivity index (χ3n) is 4.65. The smallest absolute Gasteiger partial charge is 0.351 e. The summed E-state index contributed by atoms with van der Waals surface area (Å²) in [5.41, 5.74) is 2.89. The van der Waals surface area contributed by atoms with Crippen LogP contribution < -0.4 is 0 Å². The van der Waals surface area contributed by atoms with Crippen molar-refractivity contribution in [2.45, 2.75) is 19.0 Å². The highest BCUT2D eigenvalue weighted by atomic mass is 19.4. The number of rotatable bonds is 5. The number of ketones is 1. The molecule has 0 saturated carbocycles. The molecule has 28 heavy (non-hydrogen) atoms. The van der Waals surface area contributed by atoms with Gasteiger partial charge in [0.15, 0.2) is 5.78 Å². The molecule has 0 amide bonds. The number of benzene rings is 2. The van der Waals surface area contributed by atoms with Crippen LogP contribution in [0.1, 0.15) is 28.0 Å². The molecule has 2 aromatic heterocycles. The van der Waals surface area contributed by atoms with Crippen molar-refractivity contribution in [2.24, 2.45) is 0 Å². The minimum Gasteiger partial charge on any atom is -0.351 e. The van der Waals surface area contributed by atoms with Crippen molar-refractivity contribution in [1.29, 1.82) is 0 Å². The summed E-state index contributed by atoms with van der Waals surface area (Å²) >= 11 is 0. The molecule has 0 aliphatic rings. The lowest BCUT2D eigenvalue weighted by Gasteiger charge is -2.04. The van der Waals surface area contributed by atoms with Crippen LogP contribution in [-0.4, -0.2) is 21.0 Å². The quantitative estimate of drug-likeness (QED) is 0.454. The normalized spacial score (nSPS) is 11.8. The van der Waals surface area contributed by atoms with Gasteiger partial charge in [-0.25, -0.2) is 0 Å². The minimum atomic E-state index is -4.41. The monoisotopic (exact) mass is 383 g/mol. The number of hydrogen-bond acceptors (Lipinski definition) is 2. The Hall–Kier alpha value is -3.35. The average Bonchev–Trinajstić information content (AvgIpc) is 3.35. The second-order valence-electron chi connectivity index (χ2n) is 6.57. The molecule has 4 aromatic rings. The first-order valence-electron chi connectivity index (χ1n) is 8.72. The molecule has 2 N–H and O–H groups in total. The topological polar surface area (TPSA) is 61.5 Å². The number of hydrogen-bond donors (Lipinski definition) is 2. The molecule has 0 spiro atoms. The number of nitrogens with zero attached hydrogens (tertiary/aromatic N) is 1. The fourth-order valence-electron chi connectivity index (χ4n) is 3.14. The van der Waals surface area contributed by atoms with Crippen molar-refractivity contribution in [3.05, 3.63) is 77.6 Å². The number of halogens is 3. The maximum atomic E-state index is 12.8. The summed E-state index contributed by atoms with van der Waals surface area (Å²) in [4.78, 5) is 14.8. The lowest BCUT2D eigenvalue weighted by Crippen LogP contribution is -2.04. The molecule has 7 heteroatoms. The van der Waals surface area contributed by atoms with E-state index in [2.05, 4.69) is 15.2 Å². The number of carbonyl (C=O) groups excluding carboxylic acids is 1. The number of Topliss-reactive ketones (excluding diaryl/α,β-unsaturated/α-hetero) is 1. The predicted octanol–water partition coefficient (Wildman–Crippen LogP) is 5.39. The van der Waals surface area contributed by atoms with Crippen LogP contribution in [0.15, 0.2) is 60.8 Å². The van der Waals surface area contributed by atoms with E-state index in [1.807, 2.05) is 18.2 Å². The molecule has 4 rings (SSSR count). The highest BCUT2D eigenvalue weighted by molar-refractivity contribution is 5.96. The molecule has 0 unspecified atom stereocenters. The van der Waals surface area contributed by atoms with E-state index in [1.165, 1.54) is 0 Å². The van der Waals surface area contributed by atoms with Crippen LogP contribution in [0.25, 0.3) is 22.2 Å². The summed E-state index contributed by atoms with van der Waals surface area (Å²) in [6.07, 6.45) is -2.00. The predicted molar refractivity (Wildman–Crippen MR) is 100.0 cm³/mol. The van der Waals surface area contributed by atoms with Gasteiger partial charge in [-0.1, -0.05) is 30.3 Å². The second-order valence-corrected chi connectivity index (χ2v) is 6.57. The number of carbonyl (C=O) groups is 1. The van der Waals surface area contributed by atoms with Gasteiger partial charge in [-0.3, -0.25) is 9.89 Å². The molecule has 0 radical (unpaired) electrons. The largest absolute Gasteiger partial charge is 0.431 e. The van der Waals surface area contributed by atoms with E-state index >= 15 is 0 Å². The fourth-order valence-corrected chi connectivity index (χ4v) is 3.14. The van der Waals surface area contributed by atoms with Crippen LogP contribution in [-0.2, 0) is 12.6 Å². The van der Waals surface area contributed by atoms with Crippen molar-refractivity contribution in [2.75, 3.05) is 0 Å². The number of aromatic nitrogens is 3. The van der Waals surface area contributed by atoms with Gasteiger partial charge in [-0.15, -0.1) is 0 Å². The Bertz CT molecular complexity index is 1110. The fraction of sp³-hybridized carbons (Fsp3) is 0.143. The van der Waals surface area contributed by atoms with E-state index in [0.29, 0.717) is 22.9 Å². The van der Waals surface area contributed by atoms with Crippen molar-refractivity contribution >= 4 is 16.7 Å². The van der Waals surface area contributed by atoms with Crippen LogP contribution in [0, 0.1) is 0 Å². The summed E-state index contributed by atoms with van der Waals surface area (Å²) in [6, 6.07) is 15.2. The molecule has 0 aliphatic heterocycles. The Balaban J connectivity index is 1.44. The summed E-state index contributed by atoms with van der Waals surface area (Å²) in [6.45, 7) is 0. The Labute approximate surface area is 158 Å². The maximum absolute atomic E-state index is 12.8. The first-order chi connectivity index (χ1) is 13.4. The number of nitrogens with one attached hydrogen (secondary N) is 2. The van der Waals surface area contributed by atoms with Crippen LogP contribution in [0.3, 0.4) is 0 Å². The molecule has 142 valence electrons. The first kappa shape index (κ1) is 18.0. The Morgan fingerprint density at radius 3 is 2.46 bits per heavy atom. The van der Waals surface area contributed by atoms with Gasteiger partial charge in [0.05, 0.1) is 5.69 Å². The van der Waals surface area contributed by atoms with Crippen molar-refractivity contribution in [1.82, 2.24) is 15.2 Å². The zero-order valence-electron chi connectivity index (χ0n) is 14.7. The van der Waals surface area contributed by atoms with Crippen LogP contribution >= 0.6 is 0 Å². The van der Waals surface area contributed by atoms with Gasteiger partial charge in [0, 0.05) is 29.1 Å². The summed E-state index contributed by atoms with van der Waals surface area (Å²) < 4.78 is 38.4. The van der Waals surface area contributed by atoms with Gasteiger partial charge in [-0.2, -0.15) is 18.3 Å². The van der Waals surface area contributed by atoms with E-state index in [0.717, 1.165) is 22.9 Å². The molecule has 0 bridgehead atoms. The number of aryl methyl sites for hydroxylation is 1. The summed E-state index contributed by atoms with van der Waals surface area (Å²) in [7, 11) is 0. The third-order valence-corrected chi connectivity index (χ3v) is 4.65. The average molecular weight is 383 g/mol. The lowest BCUT2D eigenvalue weighted by atomic mass is 10.0. The Kier molecular flexibility index (Phi) is 4.50. The van der Waals surface area contributed by atoms with Crippen molar-refractivity contribution in [3.8, 4) is 11.3 Å². The minimum absolute atomic E-state index is 0.0127. The van der Waals surface area contributed by atoms with Gasteiger partial charge in [0.2, 0.25) is 0 Å². The van der Waals surface area contributed by atoms with E-state index in [-0.39, 0.29) is 12.2 Å². The Morgan fingerprint density at radius 2 is 1.79 bits per heavy atom. The number of aromatic amines is 2. The van der Waals surface area contributed by atoms with Gasteiger partial charge in [0.1, 0.15) is 5.69 Å². The van der Waals surface area contributed by atoms with Crippen LogP contribution in [0.5, 0.6) is 0 Å². The van der Waals surface area contributed by atoms with E-state index in [9.17, 15) is 18.0 Å². The molecule has 0 aliphatic carbocycles. The first-order valence-corrected chi connectivity index (χ1v) is 8.72. The lowest BCUT2D eigenvalue weighted by molar-refractivity contribution is -0.140. The van der Waals surface area contributed by atoms with Crippen molar-refractivity contribution in [3.63, 3.8) is 0 Å².